The minimum Gasteiger partial charge on any atom is -0.381 e. The number of allylic oxidation sites excluding steroid dienone is 1. The number of nitrogens with zero attached hydrogens (tertiary/aromatic N) is 2. The van der Waals surface area contributed by atoms with E-state index in [1.54, 1.807) is 0 Å². The zero-order valence-corrected chi connectivity index (χ0v) is 12.0. The second-order valence-electron chi connectivity index (χ2n) is 5.93. The van der Waals surface area contributed by atoms with Gasteiger partial charge in [-0.1, -0.05) is 13.8 Å². The lowest BCUT2D eigenvalue weighted by Gasteiger charge is -2.44. The molecule has 19 heavy (non-hydrogen) atoms. The minimum absolute atomic E-state index is 0.455. The van der Waals surface area contributed by atoms with Crippen molar-refractivity contribution in [2.75, 3.05) is 7.11 Å². The van der Waals surface area contributed by atoms with Crippen molar-refractivity contribution in [2.45, 2.75) is 45.4 Å². The molecule has 1 aromatic rings. The third-order valence-electron chi connectivity index (χ3n) is 4.37. The molecule has 0 bridgehead atoms. The molecule has 0 unspecified atom stereocenters. The van der Waals surface area contributed by atoms with Crippen molar-refractivity contribution in [3.63, 3.8) is 0 Å². The summed E-state index contributed by atoms with van der Waals surface area (Å²) in [6.07, 6.45) is 9.03. The molecule has 1 fully saturated rings. The molecule has 3 heteroatoms. The highest BCUT2D eigenvalue weighted by atomic mass is 16.5. The number of methoxy groups -OCH3 is 1. The van der Waals surface area contributed by atoms with E-state index in [0.29, 0.717) is 18.1 Å². The van der Waals surface area contributed by atoms with Gasteiger partial charge in [0.1, 0.15) is 0 Å². The van der Waals surface area contributed by atoms with E-state index in [0.717, 1.165) is 19.4 Å². The van der Waals surface area contributed by atoms with Gasteiger partial charge >= 0.3 is 0 Å². The predicted molar refractivity (Wildman–Crippen MR) is 76.4 cm³/mol. The van der Waals surface area contributed by atoms with Crippen LogP contribution >= 0.6 is 0 Å². The highest BCUT2D eigenvalue weighted by Gasteiger charge is 2.34. The first-order chi connectivity index (χ1) is 9.19. The normalized spacial score (nSPS) is 25.9. The maximum absolute atomic E-state index is 5.39. The maximum Gasteiger partial charge on any atom is 0.0610 e. The van der Waals surface area contributed by atoms with Crippen LogP contribution in [0, 0.1) is 5.92 Å². The van der Waals surface area contributed by atoms with Crippen LogP contribution in [0.3, 0.4) is 0 Å². The van der Waals surface area contributed by atoms with Crippen molar-refractivity contribution in [3.05, 3.63) is 35.8 Å². The number of hydrogen-bond donors (Lipinski definition) is 0. The van der Waals surface area contributed by atoms with E-state index < -0.39 is 0 Å². The van der Waals surface area contributed by atoms with Gasteiger partial charge in [-0.2, -0.15) is 0 Å². The van der Waals surface area contributed by atoms with E-state index in [4.69, 9.17) is 4.74 Å². The Labute approximate surface area is 115 Å². The summed E-state index contributed by atoms with van der Waals surface area (Å²) in [6.45, 7) is 5.51. The SMILES string of the molecule is COC1CC(N2C=C(C(C)C)c3ccncc3C2)C1. The summed E-state index contributed by atoms with van der Waals surface area (Å²) >= 11 is 0. The highest BCUT2D eigenvalue weighted by Crippen LogP contribution is 2.36. The van der Waals surface area contributed by atoms with Crippen LogP contribution in [-0.2, 0) is 11.3 Å². The van der Waals surface area contributed by atoms with E-state index in [1.165, 1.54) is 16.7 Å². The van der Waals surface area contributed by atoms with Crippen molar-refractivity contribution in [3.8, 4) is 0 Å². The fourth-order valence-electron chi connectivity index (χ4n) is 3.02. The number of pyridine rings is 1. The van der Waals surface area contributed by atoms with Crippen LogP contribution in [0.1, 0.15) is 37.8 Å². The average molecular weight is 258 g/mol. The molecule has 0 N–H and O–H groups in total. The Bertz CT molecular complexity index is 489. The molecule has 1 aromatic heterocycles. The van der Waals surface area contributed by atoms with Gasteiger partial charge in [0.05, 0.1) is 6.10 Å². The summed E-state index contributed by atoms with van der Waals surface area (Å²) in [5, 5.41) is 0. The van der Waals surface area contributed by atoms with Crippen LogP contribution in [0.25, 0.3) is 5.57 Å². The fraction of sp³-hybridized carbons (Fsp3) is 0.562. The maximum atomic E-state index is 5.39. The molecule has 3 rings (SSSR count). The second-order valence-corrected chi connectivity index (χ2v) is 5.93. The van der Waals surface area contributed by atoms with Crippen LogP contribution < -0.4 is 0 Å². The van der Waals surface area contributed by atoms with Crippen LogP contribution in [0.5, 0.6) is 0 Å². The number of fused-ring (bicyclic) bond motifs is 1. The Hall–Kier alpha value is -1.35. The Morgan fingerprint density at radius 2 is 2.16 bits per heavy atom. The van der Waals surface area contributed by atoms with E-state index in [9.17, 15) is 0 Å². The third-order valence-corrected chi connectivity index (χ3v) is 4.37. The minimum atomic E-state index is 0.455. The van der Waals surface area contributed by atoms with Crippen LogP contribution in [-0.4, -0.2) is 29.1 Å². The smallest absolute Gasteiger partial charge is 0.0610 e. The Morgan fingerprint density at radius 1 is 1.37 bits per heavy atom. The third kappa shape index (κ3) is 2.27. The summed E-state index contributed by atoms with van der Waals surface area (Å²) in [6, 6.07) is 2.78. The molecule has 2 heterocycles. The molecule has 0 amide bonds. The molecule has 102 valence electrons. The summed E-state index contributed by atoms with van der Waals surface area (Å²) in [4.78, 5) is 6.76. The number of ether oxygens (including phenoxy) is 1. The quantitative estimate of drug-likeness (QED) is 0.833. The van der Waals surface area contributed by atoms with Crippen LogP contribution in [0.4, 0.5) is 0 Å². The summed E-state index contributed by atoms with van der Waals surface area (Å²) in [5.41, 5.74) is 4.17. The number of hydrogen-bond acceptors (Lipinski definition) is 3. The van der Waals surface area contributed by atoms with Gasteiger partial charge < -0.3 is 9.64 Å². The van der Waals surface area contributed by atoms with Crippen LogP contribution in [0.15, 0.2) is 24.7 Å². The molecule has 1 aliphatic carbocycles. The molecule has 1 saturated carbocycles. The zero-order valence-electron chi connectivity index (χ0n) is 12.0. The molecule has 2 aliphatic rings. The molecule has 1 aliphatic heterocycles. The van der Waals surface area contributed by atoms with Crippen molar-refractivity contribution < 1.29 is 4.74 Å². The second kappa shape index (κ2) is 4.97. The topological polar surface area (TPSA) is 25.4 Å². The molecular weight excluding hydrogens is 236 g/mol. The molecule has 0 atom stereocenters. The molecule has 3 nitrogen and oxygen atoms in total. The first-order valence-corrected chi connectivity index (χ1v) is 7.12. The Kier molecular flexibility index (Phi) is 3.31. The molecule has 0 spiro atoms. The van der Waals surface area contributed by atoms with E-state index in [-0.39, 0.29) is 0 Å². The molecule has 0 aromatic carbocycles. The predicted octanol–water partition coefficient (Wildman–Crippen LogP) is 3.07. The van der Waals surface area contributed by atoms with Crippen molar-refractivity contribution >= 4 is 5.57 Å². The van der Waals surface area contributed by atoms with Gasteiger partial charge in [-0.25, -0.2) is 0 Å². The van der Waals surface area contributed by atoms with Crippen molar-refractivity contribution in [1.82, 2.24) is 9.88 Å². The highest BCUT2D eigenvalue weighted by molar-refractivity contribution is 5.70. The van der Waals surface area contributed by atoms with E-state index in [1.807, 2.05) is 19.5 Å². The zero-order chi connectivity index (χ0) is 13.4. The van der Waals surface area contributed by atoms with Crippen molar-refractivity contribution in [1.29, 1.82) is 0 Å². The lowest BCUT2D eigenvalue weighted by atomic mass is 9.84. The largest absolute Gasteiger partial charge is 0.381 e. The number of aromatic nitrogens is 1. The Morgan fingerprint density at radius 3 is 2.84 bits per heavy atom. The summed E-state index contributed by atoms with van der Waals surface area (Å²) in [5.74, 6) is 0.544. The van der Waals surface area contributed by atoms with Gasteiger partial charge in [0.15, 0.2) is 0 Å². The van der Waals surface area contributed by atoms with Crippen molar-refractivity contribution in [2.24, 2.45) is 5.92 Å². The van der Waals surface area contributed by atoms with Gasteiger partial charge in [0.2, 0.25) is 0 Å². The Balaban J connectivity index is 1.85. The first-order valence-electron chi connectivity index (χ1n) is 7.12. The van der Waals surface area contributed by atoms with Gasteiger partial charge in [-0.15, -0.1) is 0 Å². The fourth-order valence-corrected chi connectivity index (χ4v) is 3.02. The van der Waals surface area contributed by atoms with Gasteiger partial charge in [-0.3, -0.25) is 4.98 Å². The van der Waals surface area contributed by atoms with Crippen LogP contribution in [0.2, 0.25) is 0 Å². The summed E-state index contributed by atoms with van der Waals surface area (Å²) in [7, 11) is 1.81. The lowest BCUT2D eigenvalue weighted by molar-refractivity contribution is -0.0157. The number of rotatable bonds is 3. The summed E-state index contributed by atoms with van der Waals surface area (Å²) < 4.78 is 5.39. The lowest BCUT2D eigenvalue weighted by Crippen LogP contribution is -2.46. The van der Waals surface area contributed by atoms with Gasteiger partial charge in [-0.05, 0) is 41.5 Å². The average Bonchev–Trinajstić information content (AvgIpc) is 2.36. The molecule has 0 radical (unpaired) electrons. The van der Waals surface area contributed by atoms with Gasteiger partial charge in [0.25, 0.3) is 0 Å². The standard InChI is InChI=1S/C16H22N2O/c1-11(2)16-10-18(13-6-14(7-13)19-3)9-12-8-17-5-4-15(12)16/h4-5,8,10-11,13-14H,6-7,9H2,1-3H3. The molecule has 0 saturated heterocycles. The van der Waals surface area contributed by atoms with E-state index in [2.05, 4.69) is 36.0 Å². The monoisotopic (exact) mass is 258 g/mol. The van der Waals surface area contributed by atoms with Gasteiger partial charge in [0, 0.05) is 38.3 Å². The first kappa shape index (κ1) is 12.7. The molecular formula is C16H22N2O. The van der Waals surface area contributed by atoms with E-state index >= 15 is 0 Å².